The van der Waals surface area contributed by atoms with E-state index in [4.69, 9.17) is 21.1 Å². The van der Waals surface area contributed by atoms with Crippen LogP contribution < -0.4 is 9.47 Å². The average Bonchev–Trinajstić information content (AvgIpc) is 2.97. The Kier molecular flexibility index (Phi) is 8.68. The zero-order valence-corrected chi connectivity index (χ0v) is 24.4. The molecular weight excluding hydrogens is 598 g/mol. The highest BCUT2D eigenvalue weighted by atomic mass is 35.5. The number of carboxylic acid groups (broad SMARTS) is 1. The fraction of sp³-hybridized carbons (Fsp3) is 0.367. The van der Waals surface area contributed by atoms with E-state index in [0.29, 0.717) is 53.8 Å². The second-order valence-electron chi connectivity index (χ2n) is 10.5. The minimum atomic E-state index is -0.988. The number of nitro groups is 2. The number of allylic oxidation sites excluding steroid dienone is 4. The lowest BCUT2D eigenvalue weighted by Crippen LogP contribution is -2.39. The number of non-ortho nitro benzene ring substituents is 1. The number of carbonyl (C=O) groups is 3. The van der Waals surface area contributed by atoms with Crippen LogP contribution in [-0.2, 0) is 14.4 Å². The number of rotatable bonds is 10. The Hall–Kier alpha value is -4.78. The van der Waals surface area contributed by atoms with Gasteiger partial charge in [0.2, 0.25) is 5.75 Å². The van der Waals surface area contributed by atoms with Crippen molar-refractivity contribution in [3.8, 4) is 17.2 Å². The molecule has 0 unspecified atom stereocenters. The van der Waals surface area contributed by atoms with Gasteiger partial charge in [-0.3, -0.25) is 34.6 Å². The number of benzene rings is 2. The summed E-state index contributed by atoms with van der Waals surface area (Å²) in [4.78, 5) is 61.7. The minimum Gasteiger partial charge on any atom is -0.490 e. The molecule has 230 valence electrons. The molecule has 2 aromatic rings. The first-order valence-corrected chi connectivity index (χ1v) is 14.5. The van der Waals surface area contributed by atoms with Crippen LogP contribution in [0.25, 0.3) is 0 Å². The van der Waals surface area contributed by atoms with Gasteiger partial charge in [0.15, 0.2) is 23.1 Å². The molecule has 3 aliphatic rings. The largest absolute Gasteiger partial charge is 0.490 e. The minimum absolute atomic E-state index is 0.0253. The van der Waals surface area contributed by atoms with Crippen molar-refractivity contribution in [2.24, 2.45) is 0 Å². The average molecular weight is 626 g/mol. The molecule has 13 nitrogen and oxygen atoms in total. The standard InChI is InChI=1S/C30H28ClN3O10/c1-2-43-25-14-16(13-18(31)30(25)44-24-10-9-17(33(39)40)15-21(24)34(41)42)27-28-19(5-3-7-22(28)35)32(12-11-26(37)38)20-6-4-8-23(36)29(20)27/h9-10,13-15,27H,2-8,11-12H2,1H3,(H,37,38). The molecule has 0 fully saturated rings. The fourth-order valence-corrected chi connectivity index (χ4v) is 6.36. The number of ketones is 2. The van der Waals surface area contributed by atoms with Crippen LogP contribution in [0.2, 0.25) is 5.02 Å². The molecule has 2 aromatic carbocycles. The first-order chi connectivity index (χ1) is 21.0. The van der Waals surface area contributed by atoms with Gasteiger partial charge in [-0.1, -0.05) is 11.6 Å². The van der Waals surface area contributed by atoms with Crippen molar-refractivity contribution in [2.45, 2.75) is 57.8 Å². The maximum atomic E-state index is 13.5. The summed E-state index contributed by atoms with van der Waals surface area (Å²) in [7, 11) is 0. The van der Waals surface area contributed by atoms with Crippen molar-refractivity contribution in [1.29, 1.82) is 0 Å². The summed E-state index contributed by atoms with van der Waals surface area (Å²) in [5, 5.41) is 32.3. The van der Waals surface area contributed by atoms with Gasteiger partial charge in [-0.05, 0) is 56.4 Å². The number of hydrogen-bond acceptors (Lipinski definition) is 10. The Balaban J connectivity index is 1.66. The van der Waals surface area contributed by atoms with Crippen LogP contribution in [-0.4, -0.2) is 50.5 Å². The van der Waals surface area contributed by atoms with Crippen LogP contribution in [0.1, 0.15) is 63.4 Å². The third kappa shape index (κ3) is 5.74. The fourth-order valence-electron chi connectivity index (χ4n) is 6.10. The van der Waals surface area contributed by atoms with Crippen LogP contribution in [0, 0.1) is 20.2 Å². The molecule has 5 rings (SSSR count). The predicted octanol–water partition coefficient (Wildman–Crippen LogP) is 6.24. The lowest BCUT2D eigenvalue weighted by Gasteiger charge is -2.44. The third-order valence-corrected chi connectivity index (χ3v) is 8.14. The van der Waals surface area contributed by atoms with E-state index in [1.165, 1.54) is 6.07 Å². The number of nitrogens with zero attached hydrogens (tertiary/aromatic N) is 3. The Bertz CT molecular complexity index is 1620. The van der Waals surface area contributed by atoms with Gasteiger partial charge in [-0.15, -0.1) is 0 Å². The van der Waals surface area contributed by atoms with E-state index in [2.05, 4.69) is 0 Å². The second kappa shape index (κ2) is 12.4. The van der Waals surface area contributed by atoms with Crippen molar-refractivity contribution in [2.75, 3.05) is 13.2 Å². The Morgan fingerprint density at radius 3 is 2.16 bits per heavy atom. The number of Topliss-reactive ketones (excluding diaryl/α,β-unsaturated/α-hetero) is 2. The Morgan fingerprint density at radius 1 is 0.977 bits per heavy atom. The van der Waals surface area contributed by atoms with Gasteiger partial charge in [0, 0.05) is 53.9 Å². The maximum absolute atomic E-state index is 13.5. The summed E-state index contributed by atoms with van der Waals surface area (Å²) < 4.78 is 11.7. The topological polar surface area (TPSA) is 179 Å². The van der Waals surface area contributed by atoms with E-state index in [0.717, 1.165) is 18.2 Å². The molecule has 0 atom stereocenters. The molecule has 1 N–H and O–H groups in total. The van der Waals surface area contributed by atoms with E-state index in [1.54, 1.807) is 13.0 Å². The van der Waals surface area contributed by atoms with E-state index in [1.807, 2.05) is 4.90 Å². The van der Waals surface area contributed by atoms with Gasteiger partial charge in [0.05, 0.1) is 34.0 Å². The molecule has 1 heterocycles. The maximum Gasteiger partial charge on any atom is 0.318 e. The van der Waals surface area contributed by atoms with Gasteiger partial charge in [-0.2, -0.15) is 0 Å². The van der Waals surface area contributed by atoms with Crippen molar-refractivity contribution >= 4 is 40.5 Å². The molecule has 0 saturated heterocycles. The van der Waals surface area contributed by atoms with Crippen molar-refractivity contribution < 1.29 is 38.8 Å². The number of ether oxygens (including phenoxy) is 2. The molecule has 0 saturated carbocycles. The zero-order valence-electron chi connectivity index (χ0n) is 23.7. The van der Waals surface area contributed by atoms with Crippen molar-refractivity contribution in [3.05, 3.63) is 83.7 Å². The lowest BCUT2D eigenvalue weighted by molar-refractivity contribution is -0.394. The monoisotopic (exact) mass is 625 g/mol. The smallest absolute Gasteiger partial charge is 0.318 e. The van der Waals surface area contributed by atoms with Gasteiger partial charge in [-0.25, -0.2) is 0 Å². The highest BCUT2D eigenvalue weighted by Gasteiger charge is 2.43. The molecule has 2 aliphatic carbocycles. The molecule has 14 heteroatoms. The van der Waals surface area contributed by atoms with E-state index < -0.39 is 33.1 Å². The molecule has 0 spiro atoms. The molecule has 0 radical (unpaired) electrons. The number of carbonyl (C=O) groups excluding carboxylic acids is 2. The number of aliphatic carboxylic acids is 1. The van der Waals surface area contributed by atoms with Crippen LogP contribution in [0.3, 0.4) is 0 Å². The third-order valence-electron chi connectivity index (χ3n) is 7.86. The van der Waals surface area contributed by atoms with E-state index in [9.17, 15) is 39.7 Å². The highest BCUT2D eigenvalue weighted by Crippen LogP contribution is 2.52. The summed E-state index contributed by atoms with van der Waals surface area (Å²) in [5.74, 6) is -2.34. The van der Waals surface area contributed by atoms with Gasteiger partial charge < -0.3 is 19.5 Å². The molecule has 0 aromatic heterocycles. The SMILES string of the molecule is CCOc1cc(C2C3=C(CCCC3=O)N(CCC(=O)O)C3=C2C(=O)CCC3)cc(Cl)c1Oc1ccc([N+](=O)[O-])cc1[N+](=O)[O-]. The number of halogens is 1. The molecule has 0 amide bonds. The van der Waals surface area contributed by atoms with E-state index >= 15 is 0 Å². The lowest BCUT2D eigenvalue weighted by atomic mass is 9.71. The van der Waals surface area contributed by atoms with Crippen molar-refractivity contribution in [3.63, 3.8) is 0 Å². The number of carboxylic acids is 1. The second-order valence-corrected chi connectivity index (χ2v) is 10.9. The van der Waals surface area contributed by atoms with E-state index in [-0.39, 0.29) is 66.3 Å². The summed E-state index contributed by atoms with van der Waals surface area (Å²) in [5.41, 5.74) is 1.59. The normalized spacial score (nSPS) is 16.9. The van der Waals surface area contributed by atoms with Gasteiger partial charge >= 0.3 is 11.7 Å². The Morgan fingerprint density at radius 2 is 1.61 bits per heavy atom. The summed E-state index contributed by atoms with van der Waals surface area (Å²) in [6.07, 6.45) is 2.65. The van der Waals surface area contributed by atoms with Crippen molar-refractivity contribution in [1.82, 2.24) is 4.90 Å². The van der Waals surface area contributed by atoms with Crippen LogP contribution in [0.5, 0.6) is 17.2 Å². The van der Waals surface area contributed by atoms with Crippen LogP contribution in [0.15, 0.2) is 52.9 Å². The first-order valence-electron chi connectivity index (χ1n) is 14.1. The first kappa shape index (κ1) is 30.7. The predicted molar refractivity (Wildman–Crippen MR) is 156 cm³/mol. The highest BCUT2D eigenvalue weighted by molar-refractivity contribution is 6.32. The zero-order chi connectivity index (χ0) is 31.7. The van der Waals surface area contributed by atoms with Crippen LogP contribution in [0.4, 0.5) is 11.4 Å². The number of hydrogen-bond donors (Lipinski definition) is 1. The van der Waals surface area contributed by atoms with Gasteiger partial charge in [0.1, 0.15) is 0 Å². The molecular formula is C30H28ClN3O10. The quantitative estimate of drug-likeness (QED) is 0.233. The summed E-state index contributed by atoms with van der Waals surface area (Å²) in [6, 6.07) is 6.04. The summed E-state index contributed by atoms with van der Waals surface area (Å²) in [6.45, 7) is 1.98. The number of nitro benzene ring substituents is 2. The van der Waals surface area contributed by atoms with Crippen LogP contribution >= 0.6 is 11.6 Å². The molecule has 44 heavy (non-hydrogen) atoms. The molecule has 1 aliphatic heterocycles. The Labute approximate surface area is 256 Å². The molecule has 0 bridgehead atoms. The van der Waals surface area contributed by atoms with Gasteiger partial charge in [0.25, 0.3) is 5.69 Å². The summed E-state index contributed by atoms with van der Waals surface area (Å²) >= 11 is 6.73.